The number of carbonyl (C=O) groups is 2. The van der Waals surface area contributed by atoms with Crippen molar-refractivity contribution in [1.29, 1.82) is 0 Å². The van der Waals surface area contributed by atoms with Crippen molar-refractivity contribution in [3.63, 3.8) is 0 Å². The molecule has 1 aliphatic carbocycles. The summed E-state index contributed by atoms with van der Waals surface area (Å²) in [6.45, 7) is 17.8. The van der Waals surface area contributed by atoms with E-state index in [4.69, 9.17) is 14.2 Å². The fourth-order valence-corrected chi connectivity index (χ4v) is 8.72. The first-order valence-corrected chi connectivity index (χ1v) is 22.9. The number of aliphatic hydroxyl groups excluding tert-OH is 2. The molecular formula is C53H74O7. The summed E-state index contributed by atoms with van der Waals surface area (Å²) in [5.41, 5.74) is 9.40. The van der Waals surface area contributed by atoms with Gasteiger partial charge >= 0.3 is 11.9 Å². The minimum absolute atomic E-state index is 0.123. The fraction of sp³-hybridized carbons (Fsp3) is 0.547. The van der Waals surface area contributed by atoms with Crippen LogP contribution >= 0.6 is 0 Å². The van der Waals surface area contributed by atoms with Gasteiger partial charge in [0.05, 0.1) is 33.0 Å². The third-order valence-electron chi connectivity index (χ3n) is 12.5. The zero-order valence-corrected chi connectivity index (χ0v) is 37.5. The van der Waals surface area contributed by atoms with Crippen LogP contribution in [0.4, 0.5) is 0 Å². The summed E-state index contributed by atoms with van der Waals surface area (Å²) in [6.07, 6.45) is 15.9. The monoisotopic (exact) mass is 823 g/mol. The molecule has 7 nitrogen and oxygen atoms in total. The van der Waals surface area contributed by atoms with Crippen molar-refractivity contribution in [2.45, 2.75) is 143 Å². The Balaban J connectivity index is 1.65. The number of unbranched alkanes of at least 4 members (excludes halogenated alkanes) is 2. The van der Waals surface area contributed by atoms with E-state index in [-0.39, 0.29) is 26.4 Å². The maximum atomic E-state index is 12.2. The summed E-state index contributed by atoms with van der Waals surface area (Å²) in [6, 6.07) is 20.5. The Morgan fingerprint density at radius 3 is 1.75 bits per heavy atom. The molecule has 1 saturated carbocycles. The first kappa shape index (κ1) is 48.5. The van der Waals surface area contributed by atoms with Gasteiger partial charge in [-0.25, -0.2) is 9.59 Å². The van der Waals surface area contributed by atoms with Crippen molar-refractivity contribution in [1.82, 2.24) is 0 Å². The quantitative estimate of drug-likeness (QED) is 0.0472. The Bertz CT molecular complexity index is 1770. The highest BCUT2D eigenvalue weighted by Gasteiger charge is 2.28. The molecule has 0 heterocycles. The van der Waals surface area contributed by atoms with Gasteiger partial charge in [0.2, 0.25) is 0 Å². The normalized spacial score (nSPS) is 15.4. The number of esters is 2. The average Bonchev–Trinajstić information content (AvgIpc) is 3.26. The highest BCUT2D eigenvalue weighted by atomic mass is 16.5. The number of aliphatic hydroxyl groups is 2. The molecule has 0 radical (unpaired) electrons. The molecule has 0 bridgehead atoms. The first-order chi connectivity index (χ1) is 29.0. The van der Waals surface area contributed by atoms with Crippen molar-refractivity contribution in [3.05, 3.63) is 101 Å². The van der Waals surface area contributed by atoms with Crippen LogP contribution < -0.4 is 4.74 Å². The number of carbonyl (C=O) groups excluding carboxylic acids is 2. The number of hydrogen-bond donors (Lipinski definition) is 2. The summed E-state index contributed by atoms with van der Waals surface area (Å²) in [7, 11) is 0. The van der Waals surface area contributed by atoms with Crippen LogP contribution in [0.15, 0.2) is 78.9 Å². The SMILES string of the molecule is C=C(C)C(=O)OCCCc1cc(-c2ccc(-c3ccc(C4CCC(CCCCC)CC4)cc3)cc2CC)cc(CCCOC(=O)C(=C)C)c1OCCC(CO)(CO)CCC. The number of ether oxygens (including phenoxy) is 3. The smallest absolute Gasteiger partial charge is 0.333 e. The molecule has 0 saturated heterocycles. The van der Waals surface area contributed by atoms with Crippen LogP contribution in [0, 0.1) is 11.3 Å². The van der Waals surface area contributed by atoms with Crippen molar-refractivity contribution in [2.75, 3.05) is 33.0 Å². The Hall–Kier alpha value is -4.20. The van der Waals surface area contributed by atoms with Crippen LogP contribution in [0.25, 0.3) is 22.3 Å². The highest BCUT2D eigenvalue weighted by Crippen LogP contribution is 2.40. The first-order valence-electron chi connectivity index (χ1n) is 22.9. The van der Waals surface area contributed by atoms with E-state index in [9.17, 15) is 19.8 Å². The van der Waals surface area contributed by atoms with Gasteiger partial charge in [0.1, 0.15) is 5.75 Å². The molecule has 3 aromatic carbocycles. The summed E-state index contributed by atoms with van der Waals surface area (Å²) in [5, 5.41) is 20.5. The molecule has 3 aromatic rings. The second-order valence-electron chi connectivity index (χ2n) is 17.4. The molecule has 0 spiro atoms. The van der Waals surface area contributed by atoms with Gasteiger partial charge in [-0.2, -0.15) is 0 Å². The lowest BCUT2D eigenvalue weighted by Crippen LogP contribution is -2.31. The van der Waals surface area contributed by atoms with Gasteiger partial charge in [-0.3, -0.25) is 0 Å². The van der Waals surface area contributed by atoms with Crippen molar-refractivity contribution >= 4 is 11.9 Å². The summed E-state index contributed by atoms with van der Waals surface area (Å²) >= 11 is 0. The predicted molar refractivity (Wildman–Crippen MR) is 245 cm³/mol. The molecule has 7 heteroatoms. The van der Waals surface area contributed by atoms with Crippen LogP contribution in [0.2, 0.25) is 0 Å². The fourth-order valence-electron chi connectivity index (χ4n) is 8.72. The van der Waals surface area contributed by atoms with E-state index >= 15 is 0 Å². The number of benzene rings is 3. The molecule has 0 unspecified atom stereocenters. The van der Waals surface area contributed by atoms with E-state index in [0.29, 0.717) is 62.2 Å². The maximum Gasteiger partial charge on any atom is 0.333 e. The van der Waals surface area contributed by atoms with Crippen LogP contribution in [-0.2, 0) is 38.3 Å². The Morgan fingerprint density at radius 1 is 0.667 bits per heavy atom. The molecule has 4 rings (SSSR count). The van der Waals surface area contributed by atoms with Crippen molar-refractivity contribution in [2.24, 2.45) is 11.3 Å². The average molecular weight is 823 g/mol. The topological polar surface area (TPSA) is 102 Å². The third-order valence-corrected chi connectivity index (χ3v) is 12.5. The van der Waals surface area contributed by atoms with E-state index in [2.05, 4.69) is 81.6 Å². The van der Waals surface area contributed by atoms with Gasteiger partial charge in [-0.05, 0) is 153 Å². The Morgan fingerprint density at radius 2 is 1.23 bits per heavy atom. The van der Waals surface area contributed by atoms with Gasteiger partial charge in [0.15, 0.2) is 0 Å². The highest BCUT2D eigenvalue weighted by molar-refractivity contribution is 5.87. The minimum Gasteiger partial charge on any atom is -0.493 e. The van der Waals surface area contributed by atoms with Gasteiger partial charge in [0, 0.05) is 16.6 Å². The van der Waals surface area contributed by atoms with E-state index in [0.717, 1.165) is 46.8 Å². The molecule has 60 heavy (non-hydrogen) atoms. The van der Waals surface area contributed by atoms with Gasteiger partial charge < -0.3 is 24.4 Å². The van der Waals surface area contributed by atoms with Crippen LogP contribution in [-0.4, -0.2) is 55.2 Å². The number of hydrogen-bond acceptors (Lipinski definition) is 7. The van der Waals surface area contributed by atoms with E-state index in [1.807, 2.05) is 6.92 Å². The zero-order chi connectivity index (χ0) is 43.5. The summed E-state index contributed by atoms with van der Waals surface area (Å²) < 4.78 is 17.6. The molecule has 1 aliphatic rings. The second kappa shape index (κ2) is 24.9. The summed E-state index contributed by atoms with van der Waals surface area (Å²) in [5.74, 6) is 1.49. The van der Waals surface area contributed by atoms with Gasteiger partial charge in [-0.1, -0.05) is 108 Å². The second-order valence-corrected chi connectivity index (χ2v) is 17.4. The zero-order valence-electron chi connectivity index (χ0n) is 37.5. The van der Waals surface area contributed by atoms with E-state index in [1.54, 1.807) is 13.8 Å². The minimum atomic E-state index is -0.631. The molecule has 1 fully saturated rings. The maximum absolute atomic E-state index is 12.2. The lowest BCUT2D eigenvalue weighted by Gasteiger charge is -2.30. The molecule has 0 amide bonds. The number of rotatable bonds is 26. The molecule has 2 N–H and O–H groups in total. The molecular weight excluding hydrogens is 749 g/mol. The van der Waals surface area contributed by atoms with Crippen LogP contribution in [0.3, 0.4) is 0 Å². The lowest BCUT2D eigenvalue weighted by molar-refractivity contribution is -0.139. The summed E-state index contributed by atoms with van der Waals surface area (Å²) in [4.78, 5) is 24.4. The van der Waals surface area contributed by atoms with Gasteiger partial charge in [-0.15, -0.1) is 0 Å². The lowest BCUT2D eigenvalue weighted by atomic mass is 9.77. The Labute approximate surface area is 361 Å². The van der Waals surface area contributed by atoms with Gasteiger partial charge in [0.25, 0.3) is 0 Å². The molecule has 0 atom stereocenters. The van der Waals surface area contributed by atoms with Crippen molar-refractivity contribution < 1.29 is 34.0 Å². The Kier molecular flexibility index (Phi) is 20.1. The largest absolute Gasteiger partial charge is 0.493 e. The van der Waals surface area contributed by atoms with Crippen molar-refractivity contribution in [3.8, 4) is 28.0 Å². The van der Waals surface area contributed by atoms with E-state index in [1.165, 1.54) is 73.6 Å². The number of aryl methyl sites for hydroxylation is 3. The van der Waals surface area contributed by atoms with Crippen LogP contribution in [0.1, 0.15) is 146 Å². The molecule has 0 aliphatic heterocycles. The molecule has 0 aromatic heterocycles. The molecule has 328 valence electrons. The standard InChI is InChI=1S/C53H74O7/c1-8-11-12-15-40-18-20-42(21-19-40)43-22-24-44(25-23-43)45-26-27-49(41(10-3)33-45)48-34-46(16-13-30-59-51(56)38(4)5)50(58-32-29-53(36-54,37-55)28-9-2)47(35-48)17-14-31-60-52(57)39(6)7/h22-27,33-35,40,42,54-55H,4,6,8-21,28-32,36-37H2,1-3,5,7H3. The third kappa shape index (κ3) is 14.2. The predicted octanol–water partition coefficient (Wildman–Crippen LogP) is 12.1. The van der Waals surface area contributed by atoms with E-state index < -0.39 is 17.4 Å². The van der Waals surface area contributed by atoms with Crippen LogP contribution in [0.5, 0.6) is 5.75 Å².